The second-order valence-electron chi connectivity index (χ2n) is 3.94. The average Bonchev–Trinajstić information content (AvgIpc) is 2.42. The Kier molecular flexibility index (Phi) is 7.62. The maximum atomic E-state index is 10.5. The van der Waals surface area contributed by atoms with Crippen LogP contribution in [0.1, 0.15) is 12.5 Å². The van der Waals surface area contributed by atoms with Gasteiger partial charge in [0.2, 0.25) is 0 Å². The molecule has 106 valence electrons. The van der Waals surface area contributed by atoms with Gasteiger partial charge >= 0.3 is 5.97 Å². The molecular weight excluding hydrogens is 246 g/mol. The van der Waals surface area contributed by atoms with Gasteiger partial charge < -0.3 is 19.5 Å². The fraction of sp³-hybridized carbons (Fsp3) is 0.500. The minimum atomic E-state index is -0.280. The van der Waals surface area contributed by atoms with Gasteiger partial charge in [0.05, 0.1) is 20.3 Å². The Hall–Kier alpha value is -1.59. The van der Waals surface area contributed by atoms with E-state index in [2.05, 4.69) is 5.32 Å². The molecule has 1 aromatic carbocycles. The topological polar surface area (TPSA) is 56.8 Å². The summed E-state index contributed by atoms with van der Waals surface area (Å²) in [5, 5.41) is 3.26. The molecule has 0 aromatic heterocycles. The number of ether oxygens (including phenoxy) is 3. The molecule has 1 rings (SSSR count). The van der Waals surface area contributed by atoms with E-state index in [9.17, 15) is 4.79 Å². The van der Waals surface area contributed by atoms with Crippen molar-refractivity contribution in [3.05, 3.63) is 29.8 Å². The molecule has 0 bridgehead atoms. The van der Waals surface area contributed by atoms with E-state index < -0.39 is 0 Å². The van der Waals surface area contributed by atoms with E-state index in [1.54, 1.807) is 7.11 Å². The van der Waals surface area contributed by atoms with Gasteiger partial charge in [-0.3, -0.25) is 4.79 Å². The van der Waals surface area contributed by atoms with E-state index in [-0.39, 0.29) is 5.97 Å². The van der Waals surface area contributed by atoms with Gasteiger partial charge in [0, 0.05) is 25.6 Å². The van der Waals surface area contributed by atoms with E-state index in [1.807, 2.05) is 24.3 Å². The molecule has 0 aliphatic heterocycles. The van der Waals surface area contributed by atoms with Crippen molar-refractivity contribution in [2.24, 2.45) is 0 Å². The van der Waals surface area contributed by atoms with Gasteiger partial charge in [-0.25, -0.2) is 0 Å². The monoisotopic (exact) mass is 267 g/mol. The second kappa shape index (κ2) is 9.35. The Labute approximate surface area is 113 Å². The first-order valence-electron chi connectivity index (χ1n) is 6.27. The third-order valence-electron chi connectivity index (χ3n) is 2.46. The normalized spacial score (nSPS) is 10.2. The summed E-state index contributed by atoms with van der Waals surface area (Å²) < 4.78 is 15.3. The van der Waals surface area contributed by atoms with Crippen molar-refractivity contribution in [1.82, 2.24) is 5.32 Å². The zero-order valence-electron chi connectivity index (χ0n) is 11.5. The molecule has 19 heavy (non-hydrogen) atoms. The van der Waals surface area contributed by atoms with E-state index >= 15 is 0 Å². The Morgan fingerprint density at radius 2 is 2.00 bits per heavy atom. The van der Waals surface area contributed by atoms with Gasteiger partial charge in [-0.15, -0.1) is 0 Å². The summed E-state index contributed by atoms with van der Waals surface area (Å²) in [4.78, 5) is 10.5. The lowest BCUT2D eigenvalue weighted by atomic mass is 10.2. The fourth-order valence-electron chi connectivity index (χ4n) is 1.56. The molecule has 1 aromatic rings. The Morgan fingerprint density at radius 3 is 2.74 bits per heavy atom. The third kappa shape index (κ3) is 6.79. The fourth-order valence-corrected chi connectivity index (χ4v) is 1.56. The standard InChI is InChI=1S/C14H21NO4/c1-12(16)19-10-9-18-8-7-15-11-13-5-3-4-6-14(13)17-2/h3-6,15H,7-11H2,1-2H3. The molecule has 5 nitrogen and oxygen atoms in total. The van der Waals surface area contributed by atoms with Crippen LogP contribution in [0.25, 0.3) is 0 Å². The van der Waals surface area contributed by atoms with Crippen molar-refractivity contribution in [3.8, 4) is 5.75 Å². The zero-order valence-corrected chi connectivity index (χ0v) is 11.5. The van der Waals surface area contributed by atoms with Gasteiger partial charge in [-0.2, -0.15) is 0 Å². The number of nitrogens with one attached hydrogen (secondary N) is 1. The van der Waals surface area contributed by atoms with Gasteiger partial charge in [0.15, 0.2) is 0 Å². The highest BCUT2D eigenvalue weighted by molar-refractivity contribution is 5.65. The number of methoxy groups -OCH3 is 1. The molecule has 0 aliphatic carbocycles. The predicted octanol–water partition coefficient (Wildman–Crippen LogP) is 1.36. The summed E-state index contributed by atoms with van der Waals surface area (Å²) in [5.74, 6) is 0.601. The van der Waals surface area contributed by atoms with Crippen molar-refractivity contribution in [2.75, 3.05) is 33.5 Å². The molecule has 1 N–H and O–H groups in total. The van der Waals surface area contributed by atoms with Gasteiger partial charge in [-0.05, 0) is 6.07 Å². The van der Waals surface area contributed by atoms with Crippen molar-refractivity contribution < 1.29 is 19.0 Å². The average molecular weight is 267 g/mol. The molecule has 0 heterocycles. The number of carbonyl (C=O) groups is 1. The molecule has 0 atom stereocenters. The van der Waals surface area contributed by atoms with Gasteiger partial charge in [0.25, 0.3) is 0 Å². The molecule has 0 unspecified atom stereocenters. The van der Waals surface area contributed by atoms with Crippen molar-refractivity contribution in [1.29, 1.82) is 0 Å². The highest BCUT2D eigenvalue weighted by Gasteiger charge is 2.00. The lowest BCUT2D eigenvalue weighted by Gasteiger charge is -2.09. The number of rotatable bonds is 9. The van der Waals surface area contributed by atoms with Crippen LogP contribution in [0.4, 0.5) is 0 Å². The number of benzene rings is 1. The van der Waals surface area contributed by atoms with Crippen LogP contribution in [-0.2, 0) is 20.8 Å². The largest absolute Gasteiger partial charge is 0.496 e. The summed E-state index contributed by atoms with van der Waals surface area (Å²) in [6.07, 6.45) is 0. The molecule has 0 saturated carbocycles. The summed E-state index contributed by atoms with van der Waals surface area (Å²) in [6, 6.07) is 7.88. The Balaban J connectivity index is 2.06. The summed E-state index contributed by atoms with van der Waals surface area (Å²) in [7, 11) is 1.66. The molecular formula is C14H21NO4. The maximum Gasteiger partial charge on any atom is 0.302 e. The summed E-state index contributed by atoms with van der Waals surface area (Å²) in [5.41, 5.74) is 1.12. The van der Waals surface area contributed by atoms with Crippen LogP contribution in [0.15, 0.2) is 24.3 Å². The second-order valence-corrected chi connectivity index (χ2v) is 3.94. The van der Waals surface area contributed by atoms with Crippen LogP contribution < -0.4 is 10.1 Å². The molecule has 0 radical (unpaired) electrons. The third-order valence-corrected chi connectivity index (χ3v) is 2.46. The molecule has 0 aliphatic rings. The highest BCUT2D eigenvalue weighted by Crippen LogP contribution is 2.16. The van der Waals surface area contributed by atoms with E-state index in [0.717, 1.165) is 24.4 Å². The lowest BCUT2D eigenvalue weighted by Crippen LogP contribution is -2.20. The number of para-hydroxylation sites is 1. The van der Waals surface area contributed by atoms with Crippen molar-refractivity contribution in [2.45, 2.75) is 13.5 Å². The quantitative estimate of drug-likeness (QED) is 0.541. The van der Waals surface area contributed by atoms with Crippen LogP contribution in [-0.4, -0.2) is 39.4 Å². The van der Waals surface area contributed by atoms with Crippen LogP contribution in [0.2, 0.25) is 0 Å². The van der Waals surface area contributed by atoms with Gasteiger partial charge in [-0.1, -0.05) is 18.2 Å². The number of esters is 1. The van der Waals surface area contributed by atoms with Gasteiger partial charge in [0.1, 0.15) is 12.4 Å². The molecule has 0 amide bonds. The number of carbonyl (C=O) groups excluding carboxylic acids is 1. The Bertz CT molecular complexity index is 381. The van der Waals surface area contributed by atoms with Crippen LogP contribution in [0.3, 0.4) is 0 Å². The van der Waals surface area contributed by atoms with E-state index in [4.69, 9.17) is 14.2 Å². The molecule has 0 fully saturated rings. The SMILES string of the molecule is COc1ccccc1CNCCOCCOC(C)=O. The zero-order chi connectivity index (χ0) is 13.9. The molecule has 0 saturated heterocycles. The first-order chi connectivity index (χ1) is 9.24. The van der Waals surface area contributed by atoms with Crippen molar-refractivity contribution >= 4 is 5.97 Å². The first-order valence-corrected chi connectivity index (χ1v) is 6.27. The van der Waals surface area contributed by atoms with E-state index in [0.29, 0.717) is 19.8 Å². The number of hydrogen-bond acceptors (Lipinski definition) is 5. The Morgan fingerprint density at radius 1 is 1.21 bits per heavy atom. The highest BCUT2D eigenvalue weighted by atomic mass is 16.6. The minimum Gasteiger partial charge on any atom is -0.496 e. The van der Waals surface area contributed by atoms with Crippen LogP contribution >= 0.6 is 0 Å². The number of hydrogen-bond donors (Lipinski definition) is 1. The van der Waals surface area contributed by atoms with E-state index in [1.165, 1.54) is 6.92 Å². The summed E-state index contributed by atoms with van der Waals surface area (Å²) in [6.45, 7) is 4.17. The minimum absolute atomic E-state index is 0.280. The smallest absolute Gasteiger partial charge is 0.302 e. The lowest BCUT2D eigenvalue weighted by molar-refractivity contribution is -0.142. The van der Waals surface area contributed by atoms with Crippen LogP contribution in [0.5, 0.6) is 5.75 Å². The van der Waals surface area contributed by atoms with Crippen molar-refractivity contribution in [3.63, 3.8) is 0 Å². The maximum absolute atomic E-state index is 10.5. The molecule has 5 heteroatoms. The van der Waals surface area contributed by atoms with Crippen LogP contribution in [0, 0.1) is 0 Å². The summed E-state index contributed by atoms with van der Waals surface area (Å²) >= 11 is 0. The molecule has 0 spiro atoms. The first kappa shape index (κ1) is 15.5. The predicted molar refractivity (Wildman–Crippen MR) is 72.2 cm³/mol.